The Kier molecular flexibility index (Phi) is 4.16. The number of amides is 1. The standard InChI is InChI=1S/C12H10BrN3O4/c13-7-1-3-9(10(5-7)16(18)19)15-12(17)11-4-2-8(6-14)20-11/h1-5H,6,14H2,(H,15,17). The quantitative estimate of drug-likeness (QED) is 0.656. The zero-order valence-electron chi connectivity index (χ0n) is 10.1. The number of nitrogens with zero attached hydrogens (tertiary/aromatic N) is 1. The lowest BCUT2D eigenvalue weighted by Crippen LogP contribution is -2.12. The molecule has 0 radical (unpaired) electrons. The topological polar surface area (TPSA) is 111 Å². The van der Waals surface area contributed by atoms with E-state index in [0.717, 1.165) is 0 Å². The summed E-state index contributed by atoms with van der Waals surface area (Å²) in [6.45, 7) is 0.172. The second kappa shape index (κ2) is 5.85. The van der Waals surface area contributed by atoms with E-state index in [0.29, 0.717) is 10.2 Å². The highest BCUT2D eigenvalue weighted by Crippen LogP contribution is 2.28. The van der Waals surface area contributed by atoms with Crippen molar-refractivity contribution in [2.45, 2.75) is 6.54 Å². The van der Waals surface area contributed by atoms with Gasteiger partial charge >= 0.3 is 0 Å². The van der Waals surface area contributed by atoms with E-state index in [1.54, 1.807) is 12.1 Å². The molecular formula is C12H10BrN3O4. The molecule has 0 saturated carbocycles. The lowest BCUT2D eigenvalue weighted by Gasteiger charge is -2.04. The van der Waals surface area contributed by atoms with Crippen LogP contribution in [0.2, 0.25) is 0 Å². The number of carbonyl (C=O) groups excluding carboxylic acids is 1. The molecule has 7 nitrogen and oxygen atoms in total. The van der Waals surface area contributed by atoms with Crippen LogP contribution in [0.15, 0.2) is 39.2 Å². The lowest BCUT2D eigenvalue weighted by molar-refractivity contribution is -0.384. The molecule has 2 rings (SSSR count). The van der Waals surface area contributed by atoms with Gasteiger partial charge in [0.25, 0.3) is 11.6 Å². The van der Waals surface area contributed by atoms with Crippen molar-refractivity contribution in [3.05, 3.63) is 56.4 Å². The van der Waals surface area contributed by atoms with Crippen molar-refractivity contribution in [1.82, 2.24) is 0 Å². The zero-order chi connectivity index (χ0) is 14.7. The number of nitro benzene ring substituents is 1. The van der Waals surface area contributed by atoms with E-state index in [-0.39, 0.29) is 23.7 Å². The third kappa shape index (κ3) is 3.03. The molecule has 104 valence electrons. The minimum Gasteiger partial charge on any atom is -0.455 e. The van der Waals surface area contributed by atoms with Gasteiger partial charge < -0.3 is 15.5 Å². The summed E-state index contributed by atoms with van der Waals surface area (Å²) in [5.74, 6) is -0.0711. The van der Waals surface area contributed by atoms with Gasteiger partial charge in [-0.1, -0.05) is 15.9 Å². The number of hydrogen-bond acceptors (Lipinski definition) is 5. The predicted octanol–water partition coefficient (Wildman–Crippen LogP) is 2.66. The molecule has 0 atom stereocenters. The Balaban J connectivity index is 2.25. The highest BCUT2D eigenvalue weighted by molar-refractivity contribution is 9.10. The first-order chi connectivity index (χ1) is 9.51. The van der Waals surface area contributed by atoms with Gasteiger partial charge in [0.05, 0.1) is 11.5 Å². The first-order valence-electron chi connectivity index (χ1n) is 5.55. The number of nitro groups is 1. The molecule has 0 aliphatic carbocycles. The maximum atomic E-state index is 11.9. The third-order valence-corrected chi connectivity index (χ3v) is 2.98. The average molecular weight is 340 g/mol. The maximum Gasteiger partial charge on any atom is 0.293 e. The second-order valence-electron chi connectivity index (χ2n) is 3.84. The largest absolute Gasteiger partial charge is 0.455 e. The van der Waals surface area contributed by atoms with Gasteiger partial charge in [0.2, 0.25) is 0 Å². The van der Waals surface area contributed by atoms with Crippen molar-refractivity contribution >= 4 is 33.2 Å². The predicted molar refractivity (Wildman–Crippen MR) is 75.3 cm³/mol. The number of rotatable bonds is 4. The number of nitrogens with two attached hydrogens (primary N) is 1. The molecule has 0 aliphatic heterocycles. The number of benzene rings is 1. The van der Waals surface area contributed by atoms with E-state index in [4.69, 9.17) is 10.2 Å². The summed E-state index contributed by atoms with van der Waals surface area (Å²) in [4.78, 5) is 22.3. The highest BCUT2D eigenvalue weighted by Gasteiger charge is 2.18. The normalized spacial score (nSPS) is 10.3. The van der Waals surface area contributed by atoms with E-state index < -0.39 is 10.8 Å². The average Bonchev–Trinajstić information content (AvgIpc) is 2.89. The number of hydrogen-bond donors (Lipinski definition) is 2. The van der Waals surface area contributed by atoms with E-state index in [2.05, 4.69) is 21.2 Å². The van der Waals surface area contributed by atoms with Crippen LogP contribution in [0.5, 0.6) is 0 Å². The fraction of sp³-hybridized carbons (Fsp3) is 0.0833. The number of furan rings is 1. The van der Waals surface area contributed by atoms with Crippen LogP contribution >= 0.6 is 15.9 Å². The summed E-state index contributed by atoms with van der Waals surface area (Å²) >= 11 is 3.14. The van der Waals surface area contributed by atoms with Crippen LogP contribution in [0.1, 0.15) is 16.3 Å². The molecule has 1 aromatic carbocycles. The van der Waals surface area contributed by atoms with E-state index in [9.17, 15) is 14.9 Å². The lowest BCUT2D eigenvalue weighted by atomic mass is 10.2. The summed E-state index contributed by atoms with van der Waals surface area (Å²) in [7, 11) is 0. The van der Waals surface area contributed by atoms with Crippen LogP contribution in [0.3, 0.4) is 0 Å². The molecule has 0 spiro atoms. The van der Waals surface area contributed by atoms with Gasteiger partial charge in [0, 0.05) is 10.5 Å². The van der Waals surface area contributed by atoms with Gasteiger partial charge in [0.1, 0.15) is 11.4 Å². The smallest absolute Gasteiger partial charge is 0.293 e. The Hall–Kier alpha value is -2.19. The third-order valence-electron chi connectivity index (χ3n) is 2.49. The van der Waals surface area contributed by atoms with Gasteiger partial charge in [-0.3, -0.25) is 14.9 Å². The van der Waals surface area contributed by atoms with Crippen molar-refractivity contribution in [2.24, 2.45) is 5.73 Å². The molecule has 3 N–H and O–H groups in total. The Morgan fingerprint density at radius 1 is 1.40 bits per heavy atom. The molecule has 0 unspecified atom stereocenters. The number of anilines is 1. The van der Waals surface area contributed by atoms with E-state index in [1.807, 2.05) is 0 Å². The number of nitrogens with one attached hydrogen (secondary N) is 1. The fourth-order valence-electron chi connectivity index (χ4n) is 1.56. The minimum atomic E-state index is -0.576. The molecule has 8 heteroatoms. The molecule has 1 amide bonds. The number of carbonyl (C=O) groups is 1. The Labute approximate surface area is 122 Å². The van der Waals surface area contributed by atoms with E-state index in [1.165, 1.54) is 18.2 Å². The Bertz CT molecular complexity index is 668. The van der Waals surface area contributed by atoms with Crippen molar-refractivity contribution < 1.29 is 14.1 Å². The monoisotopic (exact) mass is 339 g/mol. The van der Waals surface area contributed by atoms with Gasteiger partial charge in [0.15, 0.2) is 5.76 Å². The Morgan fingerprint density at radius 3 is 2.75 bits per heavy atom. The van der Waals surface area contributed by atoms with Gasteiger partial charge in [-0.25, -0.2) is 0 Å². The fourth-order valence-corrected chi connectivity index (χ4v) is 1.90. The highest BCUT2D eigenvalue weighted by atomic mass is 79.9. The first kappa shape index (κ1) is 14.2. The van der Waals surface area contributed by atoms with Crippen LogP contribution in [0.25, 0.3) is 0 Å². The molecule has 0 fully saturated rings. The molecule has 2 aromatic rings. The van der Waals surface area contributed by atoms with Crippen molar-refractivity contribution in [2.75, 3.05) is 5.32 Å². The minimum absolute atomic E-state index is 0.0441. The summed E-state index contributed by atoms with van der Waals surface area (Å²) < 4.78 is 5.72. The van der Waals surface area contributed by atoms with Crippen molar-refractivity contribution in [3.8, 4) is 0 Å². The molecule has 1 heterocycles. The number of halogens is 1. The molecule has 0 saturated heterocycles. The van der Waals surface area contributed by atoms with Crippen LogP contribution in [0.4, 0.5) is 11.4 Å². The molecule has 0 aliphatic rings. The maximum absolute atomic E-state index is 11.9. The van der Waals surface area contributed by atoms with Crippen LogP contribution in [-0.4, -0.2) is 10.8 Å². The van der Waals surface area contributed by atoms with E-state index >= 15 is 0 Å². The Morgan fingerprint density at radius 2 is 2.15 bits per heavy atom. The van der Waals surface area contributed by atoms with Crippen LogP contribution < -0.4 is 11.1 Å². The summed E-state index contributed by atoms with van der Waals surface area (Å²) in [6.07, 6.45) is 0. The van der Waals surface area contributed by atoms with Gasteiger partial charge in [-0.2, -0.15) is 0 Å². The van der Waals surface area contributed by atoms with Crippen LogP contribution in [-0.2, 0) is 6.54 Å². The van der Waals surface area contributed by atoms with Crippen molar-refractivity contribution in [3.63, 3.8) is 0 Å². The SMILES string of the molecule is NCc1ccc(C(=O)Nc2ccc(Br)cc2[N+](=O)[O-])o1. The van der Waals surface area contributed by atoms with Gasteiger partial charge in [-0.15, -0.1) is 0 Å². The first-order valence-corrected chi connectivity index (χ1v) is 6.34. The van der Waals surface area contributed by atoms with Gasteiger partial charge in [-0.05, 0) is 24.3 Å². The summed E-state index contributed by atoms with van der Waals surface area (Å²) in [6, 6.07) is 7.37. The van der Waals surface area contributed by atoms with Crippen LogP contribution in [0, 0.1) is 10.1 Å². The second-order valence-corrected chi connectivity index (χ2v) is 4.76. The molecule has 0 bridgehead atoms. The zero-order valence-corrected chi connectivity index (χ0v) is 11.7. The van der Waals surface area contributed by atoms with Crippen molar-refractivity contribution in [1.29, 1.82) is 0 Å². The molecular weight excluding hydrogens is 330 g/mol. The molecule has 20 heavy (non-hydrogen) atoms. The summed E-state index contributed by atoms with van der Waals surface area (Å²) in [5.41, 5.74) is 5.26. The summed E-state index contributed by atoms with van der Waals surface area (Å²) in [5, 5.41) is 13.4. The molecule has 1 aromatic heterocycles.